The highest BCUT2D eigenvalue weighted by Gasteiger charge is 2.11. The van der Waals surface area contributed by atoms with E-state index in [9.17, 15) is 9.59 Å². The molecule has 0 atom stereocenters. The highest BCUT2D eigenvalue weighted by Crippen LogP contribution is 2.21. The molecule has 0 fully saturated rings. The number of aliphatic carboxylic acids is 1. The lowest BCUT2D eigenvalue weighted by molar-refractivity contribution is -0.136. The lowest BCUT2D eigenvalue weighted by Crippen LogP contribution is -2.07. The number of para-hydroxylation sites is 1. The van der Waals surface area contributed by atoms with Crippen molar-refractivity contribution >= 4 is 29.0 Å². The number of nitrogens with one attached hydrogen (secondary N) is 1. The molecule has 21 heavy (non-hydrogen) atoms. The van der Waals surface area contributed by atoms with Gasteiger partial charge in [0.15, 0.2) is 0 Å². The van der Waals surface area contributed by atoms with E-state index in [-0.39, 0.29) is 6.42 Å². The SMILES string of the molecule is COC(=O)c1ccccc1NCc1ccc(CC(=O)O)s1. The lowest BCUT2D eigenvalue weighted by atomic mass is 10.2. The predicted molar refractivity (Wildman–Crippen MR) is 80.8 cm³/mol. The van der Waals surface area contributed by atoms with E-state index in [1.165, 1.54) is 18.4 Å². The van der Waals surface area contributed by atoms with E-state index in [2.05, 4.69) is 5.32 Å². The van der Waals surface area contributed by atoms with Crippen LogP contribution in [0.2, 0.25) is 0 Å². The molecular formula is C15H15NO4S. The average molecular weight is 305 g/mol. The fraction of sp³-hybridized carbons (Fsp3) is 0.200. The first kappa shape index (κ1) is 15.1. The summed E-state index contributed by atoms with van der Waals surface area (Å²) in [4.78, 5) is 24.1. The van der Waals surface area contributed by atoms with Gasteiger partial charge in [0.25, 0.3) is 0 Å². The summed E-state index contributed by atoms with van der Waals surface area (Å²) in [6.45, 7) is 0.526. The van der Waals surface area contributed by atoms with Gasteiger partial charge in [0, 0.05) is 22.0 Å². The quantitative estimate of drug-likeness (QED) is 0.803. The van der Waals surface area contributed by atoms with E-state index in [1.807, 2.05) is 18.2 Å². The third-order valence-corrected chi connectivity index (χ3v) is 3.91. The first-order valence-electron chi connectivity index (χ1n) is 6.30. The number of carbonyl (C=O) groups is 2. The molecule has 110 valence electrons. The van der Waals surface area contributed by atoms with Crippen LogP contribution in [0.15, 0.2) is 36.4 Å². The molecule has 0 amide bonds. The number of hydrogen-bond acceptors (Lipinski definition) is 5. The molecule has 6 heteroatoms. The van der Waals surface area contributed by atoms with Gasteiger partial charge in [-0.3, -0.25) is 4.79 Å². The zero-order chi connectivity index (χ0) is 15.2. The highest BCUT2D eigenvalue weighted by atomic mass is 32.1. The molecule has 1 heterocycles. The van der Waals surface area contributed by atoms with Crippen LogP contribution in [0.25, 0.3) is 0 Å². The van der Waals surface area contributed by atoms with Crippen LogP contribution in [0.5, 0.6) is 0 Å². The molecule has 0 aliphatic rings. The minimum atomic E-state index is -0.840. The number of carboxylic acid groups (broad SMARTS) is 1. The van der Waals surface area contributed by atoms with Crippen molar-refractivity contribution in [1.29, 1.82) is 0 Å². The van der Waals surface area contributed by atoms with E-state index >= 15 is 0 Å². The largest absolute Gasteiger partial charge is 0.481 e. The first-order chi connectivity index (χ1) is 10.1. The zero-order valence-electron chi connectivity index (χ0n) is 11.5. The van der Waals surface area contributed by atoms with Crippen LogP contribution in [0.1, 0.15) is 20.1 Å². The molecule has 0 aliphatic carbocycles. The maximum absolute atomic E-state index is 11.6. The van der Waals surface area contributed by atoms with Crippen molar-refractivity contribution in [3.05, 3.63) is 51.7 Å². The summed E-state index contributed by atoms with van der Waals surface area (Å²) in [5, 5.41) is 11.9. The second kappa shape index (κ2) is 6.90. The number of esters is 1. The topological polar surface area (TPSA) is 75.6 Å². The second-order valence-electron chi connectivity index (χ2n) is 4.33. The van der Waals surface area contributed by atoms with Crippen LogP contribution in [-0.2, 0) is 22.5 Å². The number of benzene rings is 1. The maximum Gasteiger partial charge on any atom is 0.339 e. The Bertz CT molecular complexity index is 651. The van der Waals surface area contributed by atoms with Crippen molar-refractivity contribution in [2.75, 3.05) is 12.4 Å². The van der Waals surface area contributed by atoms with Gasteiger partial charge >= 0.3 is 11.9 Å². The summed E-state index contributed by atoms with van der Waals surface area (Å²) >= 11 is 1.44. The van der Waals surface area contributed by atoms with Crippen LogP contribution in [0.4, 0.5) is 5.69 Å². The van der Waals surface area contributed by atoms with Crippen molar-refractivity contribution in [3.63, 3.8) is 0 Å². The van der Waals surface area contributed by atoms with Crippen LogP contribution >= 0.6 is 11.3 Å². The smallest absolute Gasteiger partial charge is 0.339 e. The van der Waals surface area contributed by atoms with E-state index in [0.717, 1.165) is 9.75 Å². The van der Waals surface area contributed by atoms with Crippen molar-refractivity contribution < 1.29 is 19.4 Å². The zero-order valence-corrected chi connectivity index (χ0v) is 12.3. The van der Waals surface area contributed by atoms with Gasteiger partial charge in [0.05, 0.1) is 19.1 Å². The summed E-state index contributed by atoms with van der Waals surface area (Å²) in [6, 6.07) is 10.8. The van der Waals surface area contributed by atoms with Gasteiger partial charge in [-0.15, -0.1) is 11.3 Å². The molecule has 0 radical (unpaired) electrons. The molecule has 1 aromatic carbocycles. The van der Waals surface area contributed by atoms with Crippen LogP contribution in [0.3, 0.4) is 0 Å². The van der Waals surface area contributed by atoms with Gasteiger partial charge in [-0.1, -0.05) is 12.1 Å². The number of thiophene rings is 1. The number of ether oxygens (including phenoxy) is 1. The number of hydrogen-bond donors (Lipinski definition) is 2. The Morgan fingerprint density at radius 2 is 1.90 bits per heavy atom. The fourth-order valence-electron chi connectivity index (χ4n) is 1.87. The molecule has 0 saturated heterocycles. The normalized spacial score (nSPS) is 10.1. The van der Waals surface area contributed by atoms with Gasteiger partial charge in [-0.2, -0.15) is 0 Å². The van der Waals surface area contributed by atoms with Crippen LogP contribution in [-0.4, -0.2) is 24.2 Å². The average Bonchev–Trinajstić information content (AvgIpc) is 2.91. The monoisotopic (exact) mass is 305 g/mol. The summed E-state index contributed by atoms with van der Waals surface area (Å²) in [5.74, 6) is -1.23. The predicted octanol–water partition coefficient (Wildman–Crippen LogP) is 2.77. The molecule has 0 aliphatic heterocycles. The summed E-state index contributed by atoms with van der Waals surface area (Å²) in [5.41, 5.74) is 1.17. The summed E-state index contributed by atoms with van der Waals surface area (Å²) < 4.78 is 4.74. The summed E-state index contributed by atoms with van der Waals surface area (Å²) in [7, 11) is 1.34. The van der Waals surface area contributed by atoms with E-state index in [1.54, 1.807) is 18.2 Å². The van der Waals surface area contributed by atoms with Gasteiger partial charge < -0.3 is 15.2 Å². The number of carbonyl (C=O) groups excluding carboxylic acids is 1. The van der Waals surface area contributed by atoms with E-state index < -0.39 is 11.9 Å². The fourth-order valence-corrected chi connectivity index (χ4v) is 2.82. The van der Waals surface area contributed by atoms with Gasteiger partial charge in [0.1, 0.15) is 0 Å². The van der Waals surface area contributed by atoms with Crippen molar-refractivity contribution in [3.8, 4) is 0 Å². The Morgan fingerprint density at radius 1 is 1.19 bits per heavy atom. The second-order valence-corrected chi connectivity index (χ2v) is 5.58. The number of carboxylic acids is 1. The third kappa shape index (κ3) is 4.06. The minimum Gasteiger partial charge on any atom is -0.481 e. The molecule has 0 saturated carbocycles. The Hall–Kier alpha value is -2.34. The third-order valence-electron chi connectivity index (χ3n) is 2.83. The number of anilines is 1. The van der Waals surface area contributed by atoms with Crippen molar-refractivity contribution in [2.45, 2.75) is 13.0 Å². The Balaban J connectivity index is 2.05. The Labute approximate surface area is 126 Å². The molecule has 0 spiro atoms. The van der Waals surface area contributed by atoms with Gasteiger partial charge in [-0.05, 0) is 24.3 Å². The van der Waals surface area contributed by atoms with Gasteiger partial charge in [-0.25, -0.2) is 4.79 Å². The molecular weight excluding hydrogens is 290 g/mol. The molecule has 2 N–H and O–H groups in total. The lowest BCUT2D eigenvalue weighted by Gasteiger charge is -2.09. The molecule has 2 aromatic rings. The molecule has 0 unspecified atom stereocenters. The molecule has 5 nitrogen and oxygen atoms in total. The van der Waals surface area contributed by atoms with Crippen molar-refractivity contribution in [2.24, 2.45) is 0 Å². The first-order valence-corrected chi connectivity index (χ1v) is 7.12. The van der Waals surface area contributed by atoms with Crippen molar-refractivity contribution in [1.82, 2.24) is 0 Å². The van der Waals surface area contributed by atoms with E-state index in [0.29, 0.717) is 17.8 Å². The Morgan fingerprint density at radius 3 is 2.62 bits per heavy atom. The van der Waals surface area contributed by atoms with Crippen LogP contribution < -0.4 is 5.32 Å². The van der Waals surface area contributed by atoms with Gasteiger partial charge in [0.2, 0.25) is 0 Å². The molecule has 2 rings (SSSR count). The standard InChI is InChI=1S/C15H15NO4S/c1-20-15(19)12-4-2-3-5-13(12)16-9-11-7-6-10(21-11)8-14(17)18/h2-7,16H,8-9H2,1H3,(H,17,18). The molecule has 0 bridgehead atoms. The minimum absolute atomic E-state index is 0.0312. The Kier molecular flexibility index (Phi) is 4.94. The number of rotatable bonds is 6. The van der Waals surface area contributed by atoms with Crippen LogP contribution in [0, 0.1) is 0 Å². The molecule has 1 aromatic heterocycles. The maximum atomic E-state index is 11.6. The van der Waals surface area contributed by atoms with E-state index in [4.69, 9.17) is 9.84 Å². The highest BCUT2D eigenvalue weighted by molar-refractivity contribution is 7.12. The summed E-state index contributed by atoms with van der Waals surface area (Å²) in [6.07, 6.45) is 0.0312. The number of methoxy groups -OCH3 is 1.